The zero-order valence-electron chi connectivity index (χ0n) is 6.79. The number of benzene rings is 1. The van der Waals surface area contributed by atoms with Gasteiger partial charge in [-0.25, -0.2) is 0 Å². The Hall–Kier alpha value is -1.26. The van der Waals surface area contributed by atoms with E-state index in [-0.39, 0.29) is 0 Å². The van der Waals surface area contributed by atoms with Crippen LogP contribution in [0.4, 0.5) is 0 Å². The van der Waals surface area contributed by atoms with Gasteiger partial charge in [-0.05, 0) is 11.6 Å². The number of rotatable bonds is 2. The highest BCUT2D eigenvalue weighted by molar-refractivity contribution is 5.40. The Labute approximate surface area is 72.4 Å². The second kappa shape index (κ2) is 3.00. The molecule has 0 amide bonds. The summed E-state index contributed by atoms with van der Waals surface area (Å²) in [5.74, 6) is 2.67. The maximum absolute atomic E-state index is 5.36. The molecular weight excluding hydrogens is 148 g/mol. The topological polar surface area (TPSA) is 12.5 Å². The smallest absolute Gasteiger partial charge is 0.0850 e. The van der Waals surface area contributed by atoms with Crippen molar-refractivity contribution in [1.29, 1.82) is 0 Å². The van der Waals surface area contributed by atoms with E-state index in [4.69, 9.17) is 11.2 Å². The molecule has 1 heteroatoms. The van der Waals surface area contributed by atoms with Gasteiger partial charge in [-0.1, -0.05) is 24.1 Å². The van der Waals surface area contributed by atoms with E-state index in [9.17, 15) is 0 Å². The maximum atomic E-state index is 5.36. The van der Waals surface area contributed by atoms with Crippen LogP contribution in [-0.4, -0.2) is 12.7 Å². The number of hydrogen-bond donors (Lipinski definition) is 0. The third kappa shape index (κ3) is 1.49. The van der Waals surface area contributed by atoms with Crippen LogP contribution in [0.25, 0.3) is 0 Å². The van der Waals surface area contributed by atoms with E-state index >= 15 is 0 Å². The monoisotopic (exact) mass is 158 g/mol. The highest BCUT2D eigenvalue weighted by atomic mass is 16.6. The van der Waals surface area contributed by atoms with Crippen molar-refractivity contribution in [3.8, 4) is 12.3 Å². The molecule has 1 aromatic rings. The highest BCUT2D eigenvalue weighted by Gasteiger charge is 2.23. The van der Waals surface area contributed by atoms with E-state index < -0.39 is 0 Å². The molecule has 1 nitrogen and oxygen atoms in total. The lowest BCUT2D eigenvalue weighted by Crippen LogP contribution is -1.95. The molecule has 0 bridgehead atoms. The third-order valence-corrected chi connectivity index (χ3v) is 2.02. The van der Waals surface area contributed by atoms with Crippen molar-refractivity contribution in [3.05, 3.63) is 35.4 Å². The van der Waals surface area contributed by atoms with Gasteiger partial charge in [-0.15, -0.1) is 6.42 Å². The lowest BCUT2D eigenvalue weighted by Gasteiger charge is -2.00. The predicted octanol–water partition coefficient (Wildman–Crippen LogP) is 1.61. The lowest BCUT2D eigenvalue weighted by molar-refractivity contribution is 0.407. The first kappa shape index (κ1) is 7.39. The fourth-order valence-electron chi connectivity index (χ4n) is 1.27. The minimum atomic E-state index is 0.416. The average Bonchev–Trinajstić information content (AvgIpc) is 2.89. The summed E-state index contributed by atoms with van der Waals surface area (Å²) in [5, 5.41) is 0. The normalized spacial score (nSPS) is 20.1. The van der Waals surface area contributed by atoms with E-state index in [2.05, 4.69) is 12.0 Å². The largest absolute Gasteiger partial charge is 0.373 e. The molecule has 2 rings (SSSR count). The molecular formula is C11H10O. The number of ether oxygens (including phenoxy) is 1. The molecule has 60 valence electrons. The molecule has 0 saturated carbocycles. The average molecular weight is 158 g/mol. The van der Waals surface area contributed by atoms with Crippen molar-refractivity contribution in [2.24, 2.45) is 0 Å². The molecule has 0 aromatic heterocycles. The SMILES string of the molecule is C#Cc1ccccc1CC1CO1. The molecule has 1 unspecified atom stereocenters. The number of epoxide rings is 1. The second-order valence-corrected chi connectivity index (χ2v) is 2.96. The van der Waals surface area contributed by atoms with E-state index in [1.54, 1.807) is 0 Å². The van der Waals surface area contributed by atoms with Crippen LogP contribution in [-0.2, 0) is 11.2 Å². The molecule has 1 aliphatic rings. The molecule has 1 aromatic carbocycles. The van der Waals surface area contributed by atoms with Gasteiger partial charge in [0.2, 0.25) is 0 Å². The van der Waals surface area contributed by atoms with Crippen molar-refractivity contribution in [2.45, 2.75) is 12.5 Å². The fraction of sp³-hybridized carbons (Fsp3) is 0.273. The predicted molar refractivity (Wildman–Crippen MR) is 47.8 cm³/mol. The first-order valence-electron chi connectivity index (χ1n) is 4.06. The van der Waals surface area contributed by atoms with Crippen LogP contribution >= 0.6 is 0 Å². The van der Waals surface area contributed by atoms with Gasteiger partial charge in [-0.2, -0.15) is 0 Å². The Kier molecular flexibility index (Phi) is 1.85. The molecule has 0 radical (unpaired) electrons. The Bertz CT molecular complexity index is 318. The molecule has 0 N–H and O–H groups in total. The minimum absolute atomic E-state index is 0.416. The minimum Gasteiger partial charge on any atom is -0.373 e. The Morgan fingerprint density at radius 3 is 2.92 bits per heavy atom. The first-order chi connectivity index (χ1) is 5.90. The molecule has 1 aliphatic heterocycles. The van der Waals surface area contributed by atoms with Crippen molar-refractivity contribution in [2.75, 3.05) is 6.61 Å². The summed E-state index contributed by atoms with van der Waals surface area (Å²) in [6, 6.07) is 8.01. The van der Waals surface area contributed by atoms with Gasteiger partial charge in [0.15, 0.2) is 0 Å². The molecule has 1 heterocycles. The van der Waals surface area contributed by atoms with Gasteiger partial charge in [0.1, 0.15) is 0 Å². The highest BCUT2D eigenvalue weighted by Crippen LogP contribution is 2.18. The molecule has 1 fully saturated rings. The first-order valence-corrected chi connectivity index (χ1v) is 4.06. The third-order valence-electron chi connectivity index (χ3n) is 2.02. The zero-order valence-corrected chi connectivity index (χ0v) is 6.79. The van der Waals surface area contributed by atoms with Crippen LogP contribution in [0.1, 0.15) is 11.1 Å². The summed E-state index contributed by atoms with van der Waals surface area (Å²) in [7, 11) is 0. The van der Waals surface area contributed by atoms with E-state index in [1.807, 2.05) is 18.2 Å². The molecule has 12 heavy (non-hydrogen) atoms. The summed E-state index contributed by atoms with van der Waals surface area (Å²) in [6.45, 7) is 0.888. The van der Waals surface area contributed by atoms with Crippen LogP contribution in [0.15, 0.2) is 24.3 Å². The van der Waals surface area contributed by atoms with Crippen molar-refractivity contribution < 1.29 is 4.74 Å². The van der Waals surface area contributed by atoms with E-state index in [0.717, 1.165) is 18.6 Å². The van der Waals surface area contributed by atoms with Gasteiger partial charge in [0.05, 0.1) is 12.7 Å². The van der Waals surface area contributed by atoms with Crippen LogP contribution in [0, 0.1) is 12.3 Å². The summed E-state index contributed by atoms with van der Waals surface area (Å²) in [6.07, 6.45) is 6.73. The second-order valence-electron chi connectivity index (χ2n) is 2.96. The Balaban J connectivity index is 2.22. The molecule has 1 saturated heterocycles. The summed E-state index contributed by atoms with van der Waals surface area (Å²) >= 11 is 0. The van der Waals surface area contributed by atoms with Crippen molar-refractivity contribution in [3.63, 3.8) is 0 Å². The number of hydrogen-bond acceptors (Lipinski definition) is 1. The van der Waals surface area contributed by atoms with E-state index in [0.29, 0.717) is 6.10 Å². The van der Waals surface area contributed by atoms with Gasteiger partial charge in [0, 0.05) is 12.0 Å². The molecule has 0 spiro atoms. The zero-order chi connectivity index (χ0) is 8.39. The van der Waals surface area contributed by atoms with Gasteiger partial charge < -0.3 is 4.74 Å². The summed E-state index contributed by atoms with van der Waals surface area (Å²) in [4.78, 5) is 0. The van der Waals surface area contributed by atoms with Gasteiger partial charge >= 0.3 is 0 Å². The quantitative estimate of drug-likeness (QED) is 0.470. The van der Waals surface area contributed by atoms with Gasteiger partial charge in [-0.3, -0.25) is 0 Å². The van der Waals surface area contributed by atoms with E-state index in [1.165, 1.54) is 5.56 Å². The Morgan fingerprint density at radius 1 is 1.50 bits per heavy atom. The molecule has 0 aliphatic carbocycles. The molecule has 1 atom stereocenters. The Morgan fingerprint density at radius 2 is 2.25 bits per heavy atom. The van der Waals surface area contributed by atoms with Crippen LogP contribution in [0.5, 0.6) is 0 Å². The summed E-state index contributed by atoms with van der Waals surface area (Å²) < 4.78 is 5.14. The number of terminal acetylenes is 1. The maximum Gasteiger partial charge on any atom is 0.0850 e. The van der Waals surface area contributed by atoms with Crippen LogP contribution in [0.2, 0.25) is 0 Å². The van der Waals surface area contributed by atoms with Crippen molar-refractivity contribution >= 4 is 0 Å². The lowest BCUT2D eigenvalue weighted by atomic mass is 10.0. The van der Waals surface area contributed by atoms with Crippen LogP contribution < -0.4 is 0 Å². The van der Waals surface area contributed by atoms with Crippen molar-refractivity contribution in [1.82, 2.24) is 0 Å². The fourth-order valence-corrected chi connectivity index (χ4v) is 1.27. The van der Waals surface area contributed by atoms with Gasteiger partial charge in [0.25, 0.3) is 0 Å². The summed E-state index contributed by atoms with van der Waals surface area (Å²) in [5.41, 5.74) is 2.22. The standard InChI is InChI=1S/C11H10O/c1-2-9-5-3-4-6-10(9)7-11-8-12-11/h1,3-6,11H,7-8H2. The van der Waals surface area contributed by atoms with Crippen LogP contribution in [0.3, 0.4) is 0 Å².